The molecule has 3 rings (SSSR count). The van der Waals surface area contributed by atoms with Crippen molar-refractivity contribution >= 4 is 17.8 Å². The molecule has 0 saturated carbocycles. The van der Waals surface area contributed by atoms with Gasteiger partial charge in [-0.15, -0.1) is 0 Å². The number of rotatable bonds is 7. The molecule has 29 heavy (non-hydrogen) atoms. The van der Waals surface area contributed by atoms with Gasteiger partial charge < -0.3 is 24.0 Å². The third-order valence-electron chi connectivity index (χ3n) is 4.65. The molecule has 1 aromatic carbocycles. The van der Waals surface area contributed by atoms with Gasteiger partial charge in [-0.25, -0.2) is 9.97 Å². The second-order valence-electron chi connectivity index (χ2n) is 6.43. The summed E-state index contributed by atoms with van der Waals surface area (Å²) in [6, 6.07) is 6.95. The van der Waals surface area contributed by atoms with E-state index < -0.39 is 5.97 Å². The number of piperazine rings is 1. The number of hydrogen-bond acceptors (Lipinski definition) is 8. The number of anilines is 1. The summed E-state index contributed by atoms with van der Waals surface area (Å²) in [7, 11) is 3.08. The van der Waals surface area contributed by atoms with Crippen molar-refractivity contribution in [1.82, 2.24) is 14.9 Å². The summed E-state index contributed by atoms with van der Waals surface area (Å²) >= 11 is 0. The topological polar surface area (TPSA) is 94.1 Å². The molecular weight excluding hydrogens is 376 g/mol. The molecular formula is C20H24N4O5. The van der Waals surface area contributed by atoms with Crippen molar-refractivity contribution in [1.29, 1.82) is 0 Å². The summed E-state index contributed by atoms with van der Waals surface area (Å²) in [5, 5.41) is 0. The van der Waals surface area contributed by atoms with E-state index in [1.165, 1.54) is 7.11 Å². The summed E-state index contributed by atoms with van der Waals surface area (Å²) in [6.07, 6.45) is 3.40. The van der Waals surface area contributed by atoms with Gasteiger partial charge in [0.15, 0.2) is 6.61 Å². The predicted molar refractivity (Wildman–Crippen MR) is 105 cm³/mol. The number of esters is 1. The number of nitrogens with zero attached hydrogens (tertiary/aromatic N) is 4. The molecule has 9 heteroatoms. The zero-order valence-corrected chi connectivity index (χ0v) is 16.5. The lowest BCUT2D eigenvalue weighted by Gasteiger charge is -2.34. The molecule has 0 unspecified atom stereocenters. The van der Waals surface area contributed by atoms with E-state index in [2.05, 4.69) is 9.97 Å². The van der Waals surface area contributed by atoms with Gasteiger partial charge in [0.2, 0.25) is 5.95 Å². The molecule has 1 amide bonds. The maximum atomic E-state index is 12.4. The van der Waals surface area contributed by atoms with Gasteiger partial charge in [-0.1, -0.05) is 6.07 Å². The minimum Gasteiger partial charge on any atom is -0.497 e. The second-order valence-corrected chi connectivity index (χ2v) is 6.43. The first kappa shape index (κ1) is 20.4. The maximum Gasteiger partial charge on any atom is 0.310 e. The van der Waals surface area contributed by atoms with Crippen LogP contribution in [0.2, 0.25) is 0 Å². The van der Waals surface area contributed by atoms with Crippen LogP contribution in [0.4, 0.5) is 5.95 Å². The molecule has 2 aromatic rings. The summed E-state index contributed by atoms with van der Waals surface area (Å²) in [6.45, 7) is 2.04. The molecule has 0 radical (unpaired) electrons. The largest absolute Gasteiger partial charge is 0.497 e. The van der Waals surface area contributed by atoms with Gasteiger partial charge in [0, 0.05) is 50.2 Å². The predicted octanol–water partition coefficient (Wildman–Crippen LogP) is 0.928. The van der Waals surface area contributed by atoms with Gasteiger partial charge in [0.1, 0.15) is 11.5 Å². The third kappa shape index (κ3) is 5.34. The quantitative estimate of drug-likeness (QED) is 0.634. The van der Waals surface area contributed by atoms with E-state index in [1.807, 2.05) is 4.90 Å². The Morgan fingerprint density at radius 3 is 2.41 bits per heavy atom. The molecule has 1 saturated heterocycles. The molecule has 1 fully saturated rings. The molecule has 9 nitrogen and oxygen atoms in total. The lowest BCUT2D eigenvalue weighted by atomic mass is 10.1. The number of hydrogen-bond donors (Lipinski definition) is 0. The van der Waals surface area contributed by atoms with Crippen molar-refractivity contribution in [2.24, 2.45) is 0 Å². The Balaban J connectivity index is 1.45. The average molecular weight is 400 g/mol. The zero-order valence-electron chi connectivity index (χ0n) is 16.5. The highest BCUT2D eigenvalue weighted by Gasteiger charge is 2.23. The minimum absolute atomic E-state index is 0.0135. The number of carbonyl (C=O) groups excluding carboxylic acids is 2. The van der Waals surface area contributed by atoms with Crippen molar-refractivity contribution < 1.29 is 23.8 Å². The van der Waals surface area contributed by atoms with Gasteiger partial charge in [-0.3, -0.25) is 9.59 Å². The van der Waals surface area contributed by atoms with Crippen LogP contribution in [0.3, 0.4) is 0 Å². The van der Waals surface area contributed by atoms with Gasteiger partial charge in [0.05, 0.1) is 20.6 Å². The highest BCUT2D eigenvalue weighted by atomic mass is 16.5. The SMILES string of the molecule is COc1ccc(CC(=O)OCC(=O)N2CCN(c3ncccn3)CC2)c(OC)c1. The molecule has 1 aliphatic heterocycles. The summed E-state index contributed by atoms with van der Waals surface area (Å²) in [5.74, 6) is 1.12. The van der Waals surface area contributed by atoms with E-state index in [0.717, 1.165) is 0 Å². The summed E-state index contributed by atoms with van der Waals surface area (Å²) in [4.78, 5) is 36.7. The van der Waals surface area contributed by atoms with E-state index in [9.17, 15) is 9.59 Å². The van der Waals surface area contributed by atoms with Gasteiger partial charge in [0.25, 0.3) is 5.91 Å². The van der Waals surface area contributed by atoms with Crippen molar-refractivity contribution in [3.8, 4) is 11.5 Å². The number of carbonyl (C=O) groups is 2. The molecule has 0 aliphatic carbocycles. The second kappa shape index (κ2) is 9.72. The molecule has 0 spiro atoms. The number of ether oxygens (including phenoxy) is 3. The van der Waals surface area contributed by atoms with Crippen LogP contribution in [-0.2, 0) is 20.7 Å². The van der Waals surface area contributed by atoms with Crippen LogP contribution in [0.1, 0.15) is 5.56 Å². The first-order valence-electron chi connectivity index (χ1n) is 9.27. The lowest BCUT2D eigenvalue weighted by molar-refractivity contribution is -0.151. The van der Waals surface area contributed by atoms with Crippen LogP contribution in [-0.4, -0.2) is 73.7 Å². The van der Waals surface area contributed by atoms with E-state index in [1.54, 1.807) is 48.7 Å². The van der Waals surface area contributed by atoms with Gasteiger partial charge >= 0.3 is 5.97 Å². The van der Waals surface area contributed by atoms with Crippen molar-refractivity contribution in [3.63, 3.8) is 0 Å². The molecule has 0 N–H and O–H groups in total. The van der Waals surface area contributed by atoms with Crippen LogP contribution in [0, 0.1) is 0 Å². The first-order chi connectivity index (χ1) is 14.1. The number of methoxy groups -OCH3 is 2. The van der Waals surface area contributed by atoms with Crippen molar-refractivity contribution in [3.05, 3.63) is 42.2 Å². The smallest absolute Gasteiger partial charge is 0.310 e. The highest BCUT2D eigenvalue weighted by Crippen LogP contribution is 2.25. The summed E-state index contributed by atoms with van der Waals surface area (Å²) in [5.41, 5.74) is 0.669. The fraction of sp³-hybridized carbons (Fsp3) is 0.400. The number of aromatic nitrogens is 2. The van der Waals surface area contributed by atoms with E-state index in [-0.39, 0.29) is 18.9 Å². The third-order valence-corrected chi connectivity index (χ3v) is 4.65. The monoisotopic (exact) mass is 400 g/mol. The number of benzene rings is 1. The minimum atomic E-state index is -0.488. The Morgan fingerprint density at radius 2 is 1.76 bits per heavy atom. The lowest BCUT2D eigenvalue weighted by Crippen LogP contribution is -2.50. The fourth-order valence-corrected chi connectivity index (χ4v) is 3.05. The molecule has 0 bridgehead atoms. The van der Waals surface area contributed by atoms with E-state index >= 15 is 0 Å². The standard InChI is InChI=1S/C20H24N4O5/c1-27-16-5-4-15(17(13-16)28-2)12-19(26)29-14-18(25)23-8-10-24(11-9-23)20-21-6-3-7-22-20/h3-7,13H,8-12,14H2,1-2H3. The summed E-state index contributed by atoms with van der Waals surface area (Å²) < 4.78 is 15.6. The Morgan fingerprint density at radius 1 is 1.03 bits per heavy atom. The van der Waals surface area contributed by atoms with Crippen molar-refractivity contribution in [2.45, 2.75) is 6.42 Å². The Bertz CT molecular complexity index is 838. The van der Waals surface area contributed by atoms with Crippen LogP contribution >= 0.6 is 0 Å². The molecule has 0 atom stereocenters. The Hall–Kier alpha value is -3.36. The first-order valence-corrected chi connectivity index (χ1v) is 9.27. The normalized spacial score (nSPS) is 13.7. The van der Waals surface area contributed by atoms with Crippen LogP contribution in [0.5, 0.6) is 11.5 Å². The zero-order chi connectivity index (χ0) is 20.6. The highest BCUT2D eigenvalue weighted by molar-refractivity contribution is 5.81. The molecule has 1 aromatic heterocycles. The van der Waals surface area contributed by atoms with Crippen LogP contribution < -0.4 is 14.4 Å². The van der Waals surface area contributed by atoms with Gasteiger partial charge in [-0.05, 0) is 12.1 Å². The van der Waals surface area contributed by atoms with Gasteiger partial charge in [-0.2, -0.15) is 0 Å². The molecule has 1 aliphatic rings. The van der Waals surface area contributed by atoms with Crippen molar-refractivity contribution in [2.75, 3.05) is 51.9 Å². The van der Waals surface area contributed by atoms with E-state index in [0.29, 0.717) is 49.2 Å². The Labute approximate surface area is 169 Å². The molecule has 154 valence electrons. The van der Waals surface area contributed by atoms with E-state index in [4.69, 9.17) is 14.2 Å². The fourth-order valence-electron chi connectivity index (χ4n) is 3.05. The number of amides is 1. The maximum absolute atomic E-state index is 12.4. The average Bonchev–Trinajstić information content (AvgIpc) is 2.78. The van der Waals surface area contributed by atoms with Crippen LogP contribution in [0.25, 0.3) is 0 Å². The molecule has 2 heterocycles. The Kier molecular flexibility index (Phi) is 6.83. The van der Waals surface area contributed by atoms with Crippen LogP contribution in [0.15, 0.2) is 36.7 Å².